The van der Waals surface area contributed by atoms with Gasteiger partial charge in [0.1, 0.15) is 0 Å². The standard InChI is InChI=1S/C21H32N2/c1-2-16-23-17-10-4-7-15-20(23)22-21(19-13-8-9-14-19)18-11-5-3-6-12-18/h3,5-6,11-12,19,21H,2,4,7-10,13-17H2,1H3. The minimum absolute atomic E-state index is 0.381. The van der Waals surface area contributed by atoms with Crippen molar-refractivity contribution >= 4 is 5.84 Å². The highest BCUT2D eigenvalue weighted by Gasteiger charge is 2.27. The van der Waals surface area contributed by atoms with Crippen molar-refractivity contribution in [3.8, 4) is 0 Å². The lowest BCUT2D eigenvalue weighted by Gasteiger charge is -2.27. The number of hydrogen-bond donors (Lipinski definition) is 0. The molecular weight excluding hydrogens is 280 g/mol. The van der Waals surface area contributed by atoms with Crippen LogP contribution in [0.4, 0.5) is 0 Å². The first kappa shape index (κ1) is 16.5. The molecule has 0 spiro atoms. The molecule has 0 amide bonds. The van der Waals surface area contributed by atoms with E-state index in [0.717, 1.165) is 5.92 Å². The molecule has 2 fully saturated rings. The van der Waals surface area contributed by atoms with Gasteiger partial charge in [-0.2, -0.15) is 0 Å². The largest absolute Gasteiger partial charge is 0.360 e. The van der Waals surface area contributed by atoms with E-state index in [1.165, 1.54) is 82.3 Å². The van der Waals surface area contributed by atoms with Gasteiger partial charge in [-0.25, -0.2) is 0 Å². The predicted molar refractivity (Wildman–Crippen MR) is 98.9 cm³/mol. The van der Waals surface area contributed by atoms with Crippen LogP contribution in [0.1, 0.15) is 76.3 Å². The van der Waals surface area contributed by atoms with E-state index >= 15 is 0 Å². The molecule has 2 heteroatoms. The third-order valence-electron chi connectivity index (χ3n) is 5.46. The van der Waals surface area contributed by atoms with Crippen LogP contribution in [0.3, 0.4) is 0 Å². The van der Waals surface area contributed by atoms with Crippen LogP contribution in [0.15, 0.2) is 35.3 Å². The molecule has 1 aliphatic carbocycles. The Bertz CT molecular complexity index is 488. The second-order valence-electron chi connectivity index (χ2n) is 7.24. The van der Waals surface area contributed by atoms with Crippen molar-refractivity contribution in [3.63, 3.8) is 0 Å². The van der Waals surface area contributed by atoms with Crippen LogP contribution in [0.2, 0.25) is 0 Å². The SMILES string of the molecule is CCCN1CCCCCC1=NC(c1ccccc1)C1CCCC1. The first-order valence-electron chi connectivity index (χ1n) is 9.75. The summed E-state index contributed by atoms with van der Waals surface area (Å²) in [5, 5.41) is 0. The van der Waals surface area contributed by atoms with Crippen molar-refractivity contribution < 1.29 is 0 Å². The number of nitrogens with zero attached hydrogens (tertiary/aromatic N) is 2. The van der Waals surface area contributed by atoms with E-state index in [1.54, 1.807) is 0 Å². The molecule has 2 aliphatic rings. The minimum atomic E-state index is 0.381. The fourth-order valence-electron chi connectivity index (χ4n) is 4.24. The molecule has 23 heavy (non-hydrogen) atoms. The summed E-state index contributed by atoms with van der Waals surface area (Å²) in [6, 6.07) is 11.4. The number of rotatable bonds is 5. The molecule has 1 aliphatic heterocycles. The highest BCUT2D eigenvalue weighted by Crippen LogP contribution is 2.38. The Morgan fingerprint density at radius 2 is 1.83 bits per heavy atom. The van der Waals surface area contributed by atoms with E-state index in [2.05, 4.69) is 42.2 Å². The summed E-state index contributed by atoms with van der Waals surface area (Å²) < 4.78 is 0. The Balaban J connectivity index is 1.88. The Kier molecular flexibility index (Phi) is 6.13. The first-order chi connectivity index (χ1) is 11.4. The van der Waals surface area contributed by atoms with Crippen LogP contribution < -0.4 is 0 Å². The third-order valence-corrected chi connectivity index (χ3v) is 5.46. The highest BCUT2D eigenvalue weighted by atomic mass is 15.2. The Hall–Kier alpha value is -1.31. The van der Waals surface area contributed by atoms with Gasteiger partial charge in [-0.3, -0.25) is 4.99 Å². The molecule has 1 unspecified atom stereocenters. The first-order valence-corrected chi connectivity index (χ1v) is 9.75. The molecule has 0 aromatic heterocycles. The molecule has 1 heterocycles. The van der Waals surface area contributed by atoms with E-state index in [9.17, 15) is 0 Å². The molecule has 0 radical (unpaired) electrons. The normalized spacial score (nSPS) is 23.2. The average Bonchev–Trinajstić information content (AvgIpc) is 3.03. The van der Waals surface area contributed by atoms with E-state index in [0.29, 0.717) is 6.04 Å². The van der Waals surface area contributed by atoms with Crippen LogP contribution in [0.5, 0.6) is 0 Å². The fraction of sp³-hybridized carbons (Fsp3) is 0.667. The highest BCUT2D eigenvalue weighted by molar-refractivity contribution is 5.82. The second kappa shape index (κ2) is 8.52. The summed E-state index contributed by atoms with van der Waals surface area (Å²) in [7, 11) is 0. The molecule has 0 bridgehead atoms. The van der Waals surface area contributed by atoms with Crippen molar-refractivity contribution in [2.75, 3.05) is 13.1 Å². The van der Waals surface area contributed by atoms with Gasteiger partial charge in [0.2, 0.25) is 0 Å². The molecule has 0 N–H and O–H groups in total. The van der Waals surface area contributed by atoms with E-state index in [-0.39, 0.29) is 0 Å². The van der Waals surface area contributed by atoms with Crippen LogP contribution >= 0.6 is 0 Å². The zero-order valence-electron chi connectivity index (χ0n) is 14.7. The number of hydrogen-bond acceptors (Lipinski definition) is 1. The van der Waals surface area contributed by atoms with Gasteiger partial charge in [-0.15, -0.1) is 0 Å². The lowest BCUT2D eigenvalue weighted by atomic mass is 9.92. The number of aliphatic imine (C=N–C) groups is 1. The number of amidine groups is 1. The molecule has 3 rings (SSSR count). The van der Waals surface area contributed by atoms with Crippen molar-refractivity contribution in [2.24, 2.45) is 10.9 Å². The van der Waals surface area contributed by atoms with E-state index in [1.807, 2.05) is 0 Å². The molecule has 1 saturated heterocycles. The van der Waals surface area contributed by atoms with E-state index in [4.69, 9.17) is 4.99 Å². The summed E-state index contributed by atoms with van der Waals surface area (Å²) >= 11 is 0. The third kappa shape index (κ3) is 4.37. The monoisotopic (exact) mass is 312 g/mol. The topological polar surface area (TPSA) is 15.6 Å². The Labute approximate surface area is 142 Å². The van der Waals surface area contributed by atoms with Gasteiger partial charge in [0, 0.05) is 19.5 Å². The average molecular weight is 313 g/mol. The molecule has 1 aromatic carbocycles. The molecule has 1 saturated carbocycles. The smallest absolute Gasteiger partial charge is 0.0996 e. The Morgan fingerprint density at radius 3 is 2.57 bits per heavy atom. The van der Waals surface area contributed by atoms with Crippen LogP contribution in [-0.2, 0) is 0 Å². The fourth-order valence-corrected chi connectivity index (χ4v) is 4.24. The molecular formula is C21H32N2. The van der Waals surface area contributed by atoms with Gasteiger partial charge in [-0.05, 0) is 43.6 Å². The maximum atomic E-state index is 5.39. The maximum Gasteiger partial charge on any atom is 0.0996 e. The number of benzene rings is 1. The van der Waals surface area contributed by atoms with Gasteiger partial charge < -0.3 is 4.90 Å². The van der Waals surface area contributed by atoms with Crippen LogP contribution in [0.25, 0.3) is 0 Å². The summed E-state index contributed by atoms with van der Waals surface area (Å²) in [6.07, 6.45) is 11.9. The lowest BCUT2D eigenvalue weighted by molar-refractivity contribution is 0.396. The van der Waals surface area contributed by atoms with E-state index < -0.39 is 0 Å². The molecule has 126 valence electrons. The van der Waals surface area contributed by atoms with Gasteiger partial charge in [0.25, 0.3) is 0 Å². The quantitative estimate of drug-likeness (QED) is 0.690. The van der Waals surface area contributed by atoms with Crippen molar-refractivity contribution in [1.29, 1.82) is 0 Å². The summed E-state index contributed by atoms with van der Waals surface area (Å²) in [5.41, 5.74) is 1.42. The summed E-state index contributed by atoms with van der Waals surface area (Å²) in [6.45, 7) is 4.66. The van der Waals surface area contributed by atoms with Crippen molar-refractivity contribution in [3.05, 3.63) is 35.9 Å². The molecule has 1 aromatic rings. The van der Waals surface area contributed by atoms with Crippen LogP contribution in [-0.4, -0.2) is 23.8 Å². The van der Waals surface area contributed by atoms with Crippen molar-refractivity contribution in [1.82, 2.24) is 4.90 Å². The minimum Gasteiger partial charge on any atom is -0.360 e. The van der Waals surface area contributed by atoms with Gasteiger partial charge >= 0.3 is 0 Å². The van der Waals surface area contributed by atoms with Gasteiger partial charge in [0.05, 0.1) is 11.9 Å². The second-order valence-corrected chi connectivity index (χ2v) is 7.24. The zero-order valence-corrected chi connectivity index (χ0v) is 14.7. The summed E-state index contributed by atoms with van der Waals surface area (Å²) in [5.74, 6) is 2.14. The number of likely N-dealkylation sites (tertiary alicyclic amines) is 1. The van der Waals surface area contributed by atoms with Gasteiger partial charge in [-0.1, -0.05) is 56.5 Å². The predicted octanol–water partition coefficient (Wildman–Crippen LogP) is 5.60. The maximum absolute atomic E-state index is 5.39. The lowest BCUT2D eigenvalue weighted by Crippen LogP contribution is -2.32. The Morgan fingerprint density at radius 1 is 1.04 bits per heavy atom. The van der Waals surface area contributed by atoms with Crippen LogP contribution in [0, 0.1) is 5.92 Å². The molecule has 1 atom stereocenters. The summed E-state index contributed by atoms with van der Waals surface area (Å²) in [4.78, 5) is 7.97. The van der Waals surface area contributed by atoms with Gasteiger partial charge in [0.15, 0.2) is 0 Å². The molecule has 2 nitrogen and oxygen atoms in total. The van der Waals surface area contributed by atoms with Crippen molar-refractivity contribution in [2.45, 2.75) is 70.8 Å². The zero-order chi connectivity index (χ0) is 15.9.